The Morgan fingerprint density at radius 3 is 2.37 bits per heavy atom. The number of carbonyl (C=O) groups is 2. The smallest absolute Gasteiger partial charge is 0.418 e. The van der Waals surface area contributed by atoms with Crippen LogP contribution in [0.3, 0.4) is 0 Å². The Kier molecular flexibility index (Phi) is 5.39. The number of hydrogen-bond donors (Lipinski definition) is 2. The third-order valence-corrected chi connectivity index (χ3v) is 4.62. The molecule has 156 valence electrons. The minimum absolute atomic E-state index is 0.0428. The zero-order valence-corrected chi connectivity index (χ0v) is 15.9. The van der Waals surface area contributed by atoms with Gasteiger partial charge in [-0.05, 0) is 35.7 Å². The summed E-state index contributed by atoms with van der Waals surface area (Å²) in [5.74, 6) is -1.71. The number of benzene rings is 2. The summed E-state index contributed by atoms with van der Waals surface area (Å²) in [4.78, 5) is 36.5. The largest absolute Gasteiger partial charge is 0.477 e. The van der Waals surface area contributed by atoms with Gasteiger partial charge in [0.1, 0.15) is 5.56 Å². The lowest BCUT2D eigenvalue weighted by Gasteiger charge is -2.18. The average molecular weight is 418 g/mol. The molecule has 0 aliphatic heterocycles. The van der Waals surface area contributed by atoms with E-state index in [1.54, 1.807) is 13.8 Å². The first-order valence-electron chi connectivity index (χ1n) is 8.91. The van der Waals surface area contributed by atoms with Gasteiger partial charge in [-0.3, -0.25) is 9.36 Å². The number of nitrogens with one attached hydrogen (secondary N) is 1. The molecule has 30 heavy (non-hydrogen) atoms. The summed E-state index contributed by atoms with van der Waals surface area (Å²) in [6.07, 6.45) is -3.91. The molecule has 6 nitrogen and oxygen atoms in total. The highest BCUT2D eigenvalue weighted by Crippen LogP contribution is 2.37. The number of aromatic nitrogens is 1. The van der Waals surface area contributed by atoms with Crippen molar-refractivity contribution in [3.63, 3.8) is 0 Å². The van der Waals surface area contributed by atoms with Crippen LogP contribution in [0.15, 0.2) is 53.5 Å². The van der Waals surface area contributed by atoms with E-state index in [9.17, 15) is 32.7 Å². The summed E-state index contributed by atoms with van der Waals surface area (Å²) in [7, 11) is 0. The van der Waals surface area contributed by atoms with Crippen LogP contribution >= 0.6 is 0 Å². The van der Waals surface area contributed by atoms with Crippen molar-refractivity contribution in [1.29, 1.82) is 0 Å². The number of hydrogen-bond acceptors (Lipinski definition) is 3. The number of carboxylic acids is 1. The fourth-order valence-corrected chi connectivity index (χ4v) is 3.04. The van der Waals surface area contributed by atoms with Crippen molar-refractivity contribution in [2.45, 2.75) is 25.9 Å². The molecule has 2 N–H and O–H groups in total. The van der Waals surface area contributed by atoms with E-state index in [1.165, 1.54) is 30.3 Å². The van der Waals surface area contributed by atoms with Crippen LogP contribution in [0.2, 0.25) is 0 Å². The monoisotopic (exact) mass is 418 g/mol. The van der Waals surface area contributed by atoms with Gasteiger partial charge in [-0.1, -0.05) is 32.0 Å². The van der Waals surface area contributed by atoms with Gasteiger partial charge in [0.25, 0.3) is 0 Å². The Morgan fingerprint density at radius 1 is 1.10 bits per heavy atom. The van der Waals surface area contributed by atoms with Crippen molar-refractivity contribution in [2.24, 2.45) is 0 Å². The molecule has 1 amide bonds. The SMILES string of the molecule is CC(C)c1ccc(NC(=O)n2cc(C(=O)O)c(=O)c3ccccc32)c(C(F)(F)F)c1. The van der Waals surface area contributed by atoms with Crippen LogP contribution in [0, 0.1) is 0 Å². The first-order chi connectivity index (χ1) is 14.0. The summed E-state index contributed by atoms with van der Waals surface area (Å²) in [5, 5.41) is 11.4. The summed E-state index contributed by atoms with van der Waals surface area (Å²) >= 11 is 0. The third kappa shape index (κ3) is 3.91. The number of rotatable bonds is 3. The van der Waals surface area contributed by atoms with Gasteiger partial charge < -0.3 is 10.4 Å². The van der Waals surface area contributed by atoms with Crippen LogP contribution < -0.4 is 10.7 Å². The highest BCUT2D eigenvalue weighted by molar-refractivity contribution is 6.01. The molecule has 0 spiro atoms. The van der Waals surface area contributed by atoms with E-state index < -0.39 is 40.4 Å². The number of aromatic carboxylic acids is 1. The lowest BCUT2D eigenvalue weighted by molar-refractivity contribution is -0.137. The average Bonchev–Trinajstić information content (AvgIpc) is 2.67. The van der Waals surface area contributed by atoms with E-state index in [0.29, 0.717) is 5.56 Å². The van der Waals surface area contributed by atoms with Crippen LogP contribution in [-0.4, -0.2) is 21.7 Å². The minimum Gasteiger partial charge on any atom is -0.477 e. The van der Waals surface area contributed by atoms with E-state index in [-0.39, 0.29) is 16.8 Å². The molecular weight excluding hydrogens is 401 g/mol. The zero-order valence-electron chi connectivity index (χ0n) is 15.9. The van der Waals surface area contributed by atoms with Crippen LogP contribution in [0.4, 0.5) is 23.7 Å². The first-order valence-corrected chi connectivity index (χ1v) is 8.91. The maximum atomic E-state index is 13.5. The molecule has 0 unspecified atom stereocenters. The molecule has 1 heterocycles. The van der Waals surface area contributed by atoms with Crippen molar-refractivity contribution in [2.75, 3.05) is 5.32 Å². The van der Waals surface area contributed by atoms with E-state index in [2.05, 4.69) is 5.32 Å². The van der Waals surface area contributed by atoms with Gasteiger partial charge in [0.15, 0.2) is 0 Å². The molecule has 0 aliphatic carbocycles. The molecule has 0 radical (unpaired) electrons. The number of carbonyl (C=O) groups excluding carboxylic acids is 1. The van der Waals surface area contributed by atoms with E-state index in [4.69, 9.17) is 0 Å². The molecule has 3 aromatic rings. The molecule has 0 saturated carbocycles. The minimum atomic E-state index is -4.72. The van der Waals surface area contributed by atoms with Crippen molar-refractivity contribution in [3.8, 4) is 0 Å². The predicted octanol–water partition coefficient (Wildman–Crippen LogP) is 4.92. The molecule has 0 atom stereocenters. The number of nitrogens with zero attached hydrogens (tertiary/aromatic N) is 1. The van der Waals surface area contributed by atoms with Crippen molar-refractivity contribution in [1.82, 2.24) is 4.57 Å². The molecular formula is C21H17F3N2O4. The third-order valence-electron chi connectivity index (χ3n) is 4.62. The number of anilines is 1. The highest BCUT2D eigenvalue weighted by Gasteiger charge is 2.34. The van der Waals surface area contributed by atoms with Crippen molar-refractivity contribution < 1.29 is 27.9 Å². The normalized spacial score (nSPS) is 11.7. The number of carboxylic acid groups (broad SMARTS) is 1. The molecule has 9 heteroatoms. The van der Waals surface area contributed by atoms with Gasteiger partial charge in [-0.15, -0.1) is 0 Å². The topological polar surface area (TPSA) is 88.4 Å². The van der Waals surface area contributed by atoms with E-state index >= 15 is 0 Å². The van der Waals surface area contributed by atoms with Crippen LogP contribution in [0.5, 0.6) is 0 Å². The van der Waals surface area contributed by atoms with Crippen LogP contribution in [0.1, 0.15) is 41.3 Å². The molecule has 0 aliphatic rings. The van der Waals surface area contributed by atoms with Gasteiger partial charge in [0.2, 0.25) is 5.43 Å². The second kappa shape index (κ2) is 7.66. The number of halogens is 3. The molecule has 1 aromatic heterocycles. The Bertz CT molecular complexity index is 1210. The fraction of sp³-hybridized carbons (Fsp3) is 0.190. The Hall–Kier alpha value is -3.62. The van der Waals surface area contributed by atoms with Gasteiger partial charge in [-0.2, -0.15) is 13.2 Å². The first kappa shape index (κ1) is 21.1. The quantitative estimate of drug-likeness (QED) is 0.632. The molecule has 0 saturated heterocycles. The summed E-state index contributed by atoms with van der Waals surface area (Å²) in [5.41, 5.74) is -2.45. The number of fused-ring (bicyclic) bond motifs is 1. The van der Waals surface area contributed by atoms with Gasteiger partial charge in [-0.25, -0.2) is 9.59 Å². The second-order valence-electron chi connectivity index (χ2n) is 6.95. The lowest BCUT2D eigenvalue weighted by atomic mass is 9.99. The van der Waals surface area contributed by atoms with Gasteiger partial charge >= 0.3 is 18.2 Å². The second-order valence-corrected chi connectivity index (χ2v) is 6.95. The van der Waals surface area contributed by atoms with Crippen LogP contribution in [0.25, 0.3) is 10.9 Å². The predicted molar refractivity (Wildman–Crippen MR) is 105 cm³/mol. The Labute approximate surface area is 168 Å². The number of para-hydroxylation sites is 1. The van der Waals surface area contributed by atoms with Crippen molar-refractivity contribution in [3.05, 3.63) is 75.6 Å². The maximum Gasteiger partial charge on any atom is 0.418 e. The van der Waals surface area contributed by atoms with Gasteiger partial charge in [0, 0.05) is 11.6 Å². The number of amides is 1. The Balaban J connectivity index is 2.14. The van der Waals surface area contributed by atoms with Crippen molar-refractivity contribution >= 4 is 28.6 Å². The standard InChI is InChI=1S/C21H17F3N2O4/c1-11(2)12-7-8-16(15(9-12)21(22,23)24)25-20(30)26-10-14(19(28)29)18(27)13-5-3-4-6-17(13)26/h3-11H,1-2H3,(H,25,30)(H,28,29). The molecule has 2 aromatic carbocycles. The molecule has 3 rings (SSSR count). The summed E-state index contributed by atoms with van der Waals surface area (Å²) in [6, 6.07) is 8.30. The van der Waals surface area contributed by atoms with Gasteiger partial charge in [0.05, 0.1) is 16.8 Å². The maximum absolute atomic E-state index is 13.5. The van der Waals surface area contributed by atoms with E-state index in [0.717, 1.165) is 22.9 Å². The Morgan fingerprint density at radius 2 is 1.77 bits per heavy atom. The summed E-state index contributed by atoms with van der Waals surface area (Å²) in [6.45, 7) is 3.49. The zero-order chi connectivity index (χ0) is 22.2. The summed E-state index contributed by atoms with van der Waals surface area (Å²) < 4.78 is 41.4. The number of alkyl halides is 3. The number of pyridine rings is 1. The lowest BCUT2D eigenvalue weighted by Crippen LogP contribution is -2.26. The molecule has 0 fully saturated rings. The van der Waals surface area contributed by atoms with Crippen LogP contribution in [-0.2, 0) is 6.18 Å². The van der Waals surface area contributed by atoms with E-state index in [1.807, 2.05) is 0 Å². The highest BCUT2D eigenvalue weighted by atomic mass is 19.4. The fourth-order valence-electron chi connectivity index (χ4n) is 3.04. The molecule has 0 bridgehead atoms.